The molecular weight excluding hydrogens is 388 g/mol. The van der Waals surface area contributed by atoms with Crippen LogP contribution in [0.3, 0.4) is 0 Å². The first-order valence-corrected chi connectivity index (χ1v) is 9.72. The van der Waals surface area contributed by atoms with Crippen molar-refractivity contribution in [3.05, 3.63) is 52.8 Å². The monoisotopic (exact) mass is 404 g/mol. The number of nitrogens with zero attached hydrogens (tertiary/aromatic N) is 6. The molecule has 0 aliphatic rings. The fourth-order valence-corrected chi connectivity index (χ4v) is 4.14. The van der Waals surface area contributed by atoms with E-state index in [2.05, 4.69) is 26.3 Å². The topological polar surface area (TPSA) is 106 Å². The van der Waals surface area contributed by atoms with Crippen LogP contribution in [0.15, 0.2) is 40.4 Å². The number of fused-ring (bicyclic) bond motifs is 3. The summed E-state index contributed by atoms with van der Waals surface area (Å²) in [5.74, 6) is -0.580. The Morgan fingerprint density at radius 2 is 2.03 bits per heavy atom. The summed E-state index contributed by atoms with van der Waals surface area (Å²) in [6.07, 6.45) is 0. The van der Waals surface area contributed by atoms with Crippen LogP contribution in [0.2, 0.25) is 0 Å². The molecule has 4 rings (SSSR count). The molecule has 0 bridgehead atoms. The van der Waals surface area contributed by atoms with Crippen LogP contribution < -0.4 is 0 Å². The van der Waals surface area contributed by atoms with Gasteiger partial charge in [0.2, 0.25) is 5.69 Å². The van der Waals surface area contributed by atoms with Crippen LogP contribution in [0.5, 0.6) is 0 Å². The molecule has 3 heterocycles. The third-order valence-corrected chi connectivity index (χ3v) is 5.30. The number of para-hydroxylation sites is 1. The van der Waals surface area contributed by atoms with E-state index in [0.29, 0.717) is 21.3 Å². The fraction of sp³-hybridized carbons (Fsp3) is 0.200. The Kier molecular flexibility index (Phi) is 4.86. The smallest absolute Gasteiger partial charge is 0.362 e. The molecule has 0 N–H and O–H groups in total. The number of pyridine rings is 1. The van der Waals surface area contributed by atoms with E-state index in [1.54, 1.807) is 6.92 Å². The number of nitriles is 1. The molecule has 0 aliphatic carbocycles. The normalized spacial score (nSPS) is 11.0. The quantitative estimate of drug-likeness (QED) is 0.376. The predicted molar refractivity (Wildman–Crippen MR) is 107 cm³/mol. The third-order valence-electron chi connectivity index (χ3n) is 4.30. The van der Waals surface area contributed by atoms with Crippen LogP contribution in [0.4, 0.5) is 0 Å². The van der Waals surface area contributed by atoms with E-state index in [4.69, 9.17) is 4.74 Å². The number of ether oxygens (including phenoxy) is 1. The third kappa shape index (κ3) is 3.28. The molecule has 29 heavy (non-hydrogen) atoms. The van der Waals surface area contributed by atoms with Gasteiger partial charge in [0.15, 0.2) is 5.65 Å². The first kappa shape index (κ1) is 18.8. The van der Waals surface area contributed by atoms with Gasteiger partial charge in [-0.25, -0.2) is 14.8 Å². The minimum absolute atomic E-state index is 0.0494. The van der Waals surface area contributed by atoms with Crippen LogP contribution in [0.25, 0.3) is 16.6 Å². The van der Waals surface area contributed by atoms with Crippen molar-refractivity contribution in [2.45, 2.75) is 30.8 Å². The standard InChI is InChI=1S/C20H16N6O2S/c1-4-28-20(27)16-17-23-18(13-7-5-6-8-15(13)26(17)25-24-16)29-19-14(10-21)11(2)9-12(3)22-19/h5-9H,4H2,1-3H3. The highest BCUT2D eigenvalue weighted by Crippen LogP contribution is 2.34. The molecule has 0 unspecified atom stereocenters. The number of aryl methyl sites for hydroxylation is 2. The van der Waals surface area contributed by atoms with Gasteiger partial charge in [0, 0.05) is 11.1 Å². The molecule has 0 fully saturated rings. The van der Waals surface area contributed by atoms with Gasteiger partial charge in [-0.3, -0.25) is 0 Å². The van der Waals surface area contributed by atoms with Gasteiger partial charge >= 0.3 is 5.97 Å². The lowest BCUT2D eigenvalue weighted by Crippen LogP contribution is -2.07. The van der Waals surface area contributed by atoms with Crippen molar-refractivity contribution in [2.24, 2.45) is 0 Å². The maximum absolute atomic E-state index is 12.3. The lowest BCUT2D eigenvalue weighted by atomic mass is 10.1. The largest absolute Gasteiger partial charge is 0.461 e. The van der Waals surface area contributed by atoms with Gasteiger partial charge in [0.05, 0.1) is 17.7 Å². The molecule has 0 radical (unpaired) electrons. The van der Waals surface area contributed by atoms with Crippen molar-refractivity contribution in [3.63, 3.8) is 0 Å². The molecule has 1 aromatic carbocycles. The van der Waals surface area contributed by atoms with Crippen molar-refractivity contribution < 1.29 is 9.53 Å². The molecule has 0 atom stereocenters. The number of rotatable bonds is 4. The highest BCUT2D eigenvalue weighted by atomic mass is 32.2. The van der Waals surface area contributed by atoms with E-state index >= 15 is 0 Å². The lowest BCUT2D eigenvalue weighted by molar-refractivity contribution is 0.0521. The number of carbonyl (C=O) groups is 1. The number of benzene rings is 1. The highest BCUT2D eigenvalue weighted by molar-refractivity contribution is 7.99. The number of aromatic nitrogens is 5. The second kappa shape index (κ2) is 7.48. The predicted octanol–water partition coefficient (Wildman–Crippen LogP) is 3.49. The average Bonchev–Trinajstić information content (AvgIpc) is 3.12. The average molecular weight is 404 g/mol. The van der Waals surface area contributed by atoms with Crippen molar-refractivity contribution in [1.29, 1.82) is 5.26 Å². The lowest BCUT2D eigenvalue weighted by Gasteiger charge is -2.10. The van der Waals surface area contributed by atoms with Crippen LogP contribution in [0.1, 0.15) is 34.2 Å². The minimum Gasteiger partial charge on any atom is -0.461 e. The van der Waals surface area contributed by atoms with E-state index in [-0.39, 0.29) is 12.3 Å². The number of hydrogen-bond donors (Lipinski definition) is 0. The number of esters is 1. The van der Waals surface area contributed by atoms with Gasteiger partial charge in [0.25, 0.3) is 0 Å². The summed E-state index contributed by atoms with van der Waals surface area (Å²) in [5.41, 5.74) is 3.26. The number of carbonyl (C=O) groups excluding carboxylic acids is 1. The fourth-order valence-electron chi connectivity index (χ4n) is 3.05. The molecule has 0 saturated heterocycles. The van der Waals surface area contributed by atoms with Gasteiger partial charge in [0.1, 0.15) is 16.1 Å². The van der Waals surface area contributed by atoms with Crippen molar-refractivity contribution in [3.8, 4) is 6.07 Å². The van der Waals surface area contributed by atoms with E-state index < -0.39 is 5.97 Å². The van der Waals surface area contributed by atoms with Gasteiger partial charge < -0.3 is 4.74 Å². The molecule has 144 valence electrons. The van der Waals surface area contributed by atoms with Crippen molar-refractivity contribution >= 4 is 34.3 Å². The van der Waals surface area contributed by atoms with E-state index in [9.17, 15) is 10.1 Å². The van der Waals surface area contributed by atoms with E-state index in [1.165, 1.54) is 16.3 Å². The maximum Gasteiger partial charge on any atom is 0.362 e. The number of hydrogen-bond acceptors (Lipinski definition) is 8. The Bertz CT molecular complexity index is 1310. The van der Waals surface area contributed by atoms with Crippen molar-refractivity contribution in [1.82, 2.24) is 24.8 Å². The Labute approximate surface area is 170 Å². The molecule has 0 saturated carbocycles. The molecule has 9 heteroatoms. The first-order valence-electron chi connectivity index (χ1n) is 8.91. The van der Waals surface area contributed by atoms with Crippen LogP contribution in [-0.2, 0) is 4.74 Å². The Balaban J connectivity index is 1.96. The summed E-state index contributed by atoms with van der Waals surface area (Å²) >= 11 is 1.28. The van der Waals surface area contributed by atoms with Gasteiger partial charge in [-0.2, -0.15) is 9.78 Å². The summed E-state index contributed by atoms with van der Waals surface area (Å²) in [7, 11) is 0. The summed E-state index contributed by atoms with van der Waals surface area (Å²) in [6, 6.07) is 11.6. The zero-order valence-corrected chi connectivity index (χ0v) is 16.8. The molecule has 0 aliphatic heterocycles. The Hall–Kier alpha value is -3.51. The Morgan fingerprint density at radius 1 is 1.24 bits per heavy atom. The van der Waals surface area contributed by atoms with Crippen LogP contribution >= 0.6 is 11.8 Å². The highest BCUT2D eigenvalue weighted by Gasteiger charge is 2.22. The van der Waals surface area contributed by atoms with Gasteiger partial charge in [-0.1, -0.05) is 23.4 Å². The molecule has 0 amide bonds. The molecule has 4 aromatic rings. The minimum atomic E-state index is -0.580. The maximum atomic E-state index is 12.3. The van der Waals surface area contributed by atoms with Gasteiger partial charge in [-0.15, -0.1) is 5.10 Å². The zero-order valence-electron chi connectivity index (χ0n) is 16.0. The van der Waals surface area contributed by atoms with Crippen LogP contribution in [-0.4, -0.2) is 37.4 Å². The second-order valence-electron chi connectivity index (χ2n) is 6.30. The zero-order chi connectivity index (χ0) is 20.5. The van der Waals surface area contributed by atoms with Crippen LogP contribution in [0, 0.1) is 25.2 Å². The molecular formula is C20H16N6O2S. The summed E-state index contributed by atoms with van der Waals surface area (Å²) in [6.45, 7) is 5.71. The second-order valence-corrected chi connectivity index (χ2v) is 7.28. The summed E-state index contributed by atoms with van der Waals surface area (Å²) in [5, 5.41) is 19.6. The Morgan fingerprint density at radius 3 is 2.79 bits per heavy atom. The van der Waals surface area contributed by atoms with Gasteiger partial charge in [-0.05, 0) is 50.2 Å². The summed E-state index contributed by atoms with van der Waals surface area (Å²) < 4.78 is 6.60. The van der Waals surface area contributed by atoms with E-state index in [0.717, 1.165) is 22.2 Å². The van der Waals surface area contributed by atoms with E-state index in [1.807, 2.05) is 44.2 Å². The molecule has 8 nitrogen and oxygen atoms in total. The first-order chi connectivity index (χ1) is 14.0. The molecule has 0 spiro atoms. The molecule has 3 aromatic heterocycles. The SMILES string of the molecule is CCOC(=O)c1nnn2c1nc(Sc1nc(C)cc(C)c1C#N)c1ccccc12. The van der Waals surface area contributed by atoms with Crippen molar-refractivity contribution in [2.75, 3.05) is 6.61 Å². The summed E-state index contributed by atoms with van der Waals surface area (Å²) in [4.78, 5) is 21.5.